The van der Waals surface area contributed by atoms with Crippen molar-refractivity contribution in [1.29, 1.82) is 0 Å². The zero-order chi connectivity index (χ0) is 16.0. The van der Waals surface area contributed by atoms with E-state index in [-0.39, 0.29) is 11.5 Å². The smallest absolute Gasteiger partial charge is 0.0885 e. The highest BCUT2D eigenvalue weighted by Gasteiger charge is 2.32. The molecule has 0 aliphatic heterocycles. The zero-order valence-electron chi connectivity index (χ0n) is 14.5. The fourth-order valence-corrected chi connectivity index (χ4v) is 2.79. The van der Waals surface area contributed by atoms with Crippen LogP contribution >= 0.6 is 0 Å². The van der Waals surface area contributed by atoms with Gasteiger partial charge in [0.25, 0.3) is 0 Å². The predicted molar refractivity (Wildman–Crippen MR) is 86.4 cm³/mol. The molecule has 0 saturated carbocycles. The van der Waals surface area contributed by atoms with E-state index in [0.717, 1.165) is 18.5 Å². The number of nitrogens with zero attached hydrogens (tertiary/aromatic N) is 2. The fraction of sp³-hybridized carbons (Fsp3) is 0.824. The van der Waals surface area contributed by atoms with Gasteiger partial charge in [0.05, 0.1) is 23.9 Å². The van der Waals surface area contributed by atoms with Crippen molar-refractivity contribution in [3.8, 4) is 0 Å². The van der Waals surface area contributed by atoms with Crippen LogP contribution in [-0.2, 0) is 11.2 Å². The van der Waals surface area contributed by atoms with Gasteiger partial charge < -0.3 is 9.84 Å². The lowest BCUT2D eigenvalue weighted by Crippen LogP contribution is -2.41. The summed E-state index contributed by atoms with van der Waals surface area (Å²) in [6.45, 7) is 13.2. The largest absolute Gasteiger partial charge is 0.390 e. The Kier molecular flexibility index (Phi) is 6.88. The van der Waals surface area contributed by atoms with Crippen LogP contribution in [0.4, 0.5) is 0 Å². The van der Waals surface area contributed by atoms with Crippen molar-refractivity contribution in [2.45, 2.75) is 79.1 Å². The first-order valence-corrected chi connectivity index (χ1v) is 8.17. The highest BCUT2D eigenvalue weighted by atomic mass is 16.5. The summed E-state index contributed by atoms with van der Waals surface area (Å²) in [6.07, 6.45) is 3.99. The van der Waals surface area contributed by atoms with E-state index in [1.54, 1.807) is 0 Å². The third-order valence-electron chi connectivity index (χ3n) is 3.95. The summed E-state index contributed by atoms with van der Waals surface area (Å²) in [5, 5.41) is 15.1. The molecule has 2 atom stereocenters. The molecule has 4 nitrogen and oxygen atoms in total. The van der Waals surface area contributed by atoms with Gasteiger partial charge in [-0.05, 0) is 31.2 Å². The molecule has 1 N–H and O–H groups in total. The van der Waals surface area contributed by atoms with Crippen molar-refractivity contribution >= 4 is 0 Å². The van der Waals surface area contributed by atoms with Crippen LogP contribution in [0.2, 0.25) is 0 Å². The minimum absolute atomic E-state index is 0.0899. The lowest BCUT2D eigenvalue weighted by atomic mass is 9.84. The highest BCUT2D eigenvalue weighted by molar-refractivity contribution is 5.03. The standard InChI is InChI=1S/C17H32N2O2/c1-7-14(8-2)19-11-10-13(18-19)12-15(20)16(21-9-3)17(4,5)6/h10-11,14-16,20H,7-9,12H2,1-6H3. The SMILES string of the molecule is CCOC(C(O)Cc1ccn(C(CC)CC)n1)C(C)(C)C. The third kappa shape index (κ3) is 5.11. The summed E-state index contributed by atoms with van der Waals surface area (Å²) in [4.78, 5) is 0. The summed E-state index contributed by atoms with van der Waals surface area (Å²) in [5.74, 6) is 0. The Labute approximate surface area is 129 Å². The average Bonchev–Trinajstić information content (AvgIpc) is 2.84. The molecule has 1 aromatic heterocycles. The molecule has 0 bridgehead atoms. The molecule has 21 heavy (non-hydrogen) atoms. The maximum Gasteiger partial charge on any atom is 0.0885 e. The Balaban J connectivity index is 2.75. The first kappa shape index (κ1) is 18.2. The lowest BCUT2D eigenvalue weighted by Gasteiger charge is -2.33. The number of hydrogen-bond donors (Lipinski definition) is 1. The number of hydrogen-bond acceptors (Lipinski definition) is 3. The molecule has 0 fully saturated rings. The molecule has 2 unspecified atom stereocenters. The van der Waals surface area contributed by atoms with Gasteiger partial charge in [0.2, 0.25) is 0 Å². The molecule has 4 heteroatoms. The normalized spacial score (nSPS) is 15.4. The monoisotopic (exact) mass is 296 g/mol. The summed E-state index contributed by atoms with van der Waals surface area (Å²) >= 11 is 0. The third-order valence-corrected chi connectivity index (χ3v) is 3.95. The first-order chi connectivity index (χ1) is 9.83. The van der Waals surface area contributed by atoms with E-state index < -0.39 is 6.10 Å². The van der Waals surface area contributed by atoms with Gasteiger partial charge in [0.15, 0.2) is 0 Å². The van der Waals surface area contributed by atoms with Crippen LogP contribution in [0.1, 0.15) is 66.1 Å². The maximum absolute atomic E-state index is 10.5. The van der Waals surface area contributed by atoms with E-state index in [0.29, 0.717) is 19.1 Å². The Hall–Kier alpha value is -0.870. The quantitative estimate of drug-likeness (QED) is 0.797. The minimum atomic E-state index is -0.532. The second-order valence-electron chi connectivity index (χ2n) is 6.77. The van der Waals surface area contributed by atoms with Gasteiger partial charge in [-0.15, -0.1) is 0 Å². The highest BCUT2D eigenvalue weighted by Crippen LogP contribution is 2.26. The van der Waals surface area contributed by atoms with E-state index in [1.165, 1.54) is 0 Å². The van der Waals surface area contributed by atoms with E-state index >= 15 is 0 Å². The number of rotatable bonds is 8. The van der Waals surface area contributed by atoms with Crippen molar-refractivity contribution in [2.24, 2.45) is 5.41 Å². The van der Waals surface area contributed by atoms with Gasteiger partial charge in [-0.25, -0.2) is 0 Å². The molecular weight excluding hydrogens is 264 g/mol. The van der Waals surface area contributed by atoms with Crippen LogP contribution in [0.3, 0.4) is 0 Å². The van der Waals surface area contributed by atoms with Crippen molar-refractivity contribution in [2.75, 3.05) is 6.61 Å². The molecule has 0 radical (unpaired) electrons. The van der Waals surface area contributed by atoms with Crippen LogP contribution in [0, 0.1) is 5.41 Å². The molecule has 1 heterocycles. The van der Waals surface area contributed by atoms with Gasteiger partial charge in [-0.2, -0.15) is 5.10 Å². The number of aromatic nitrogens is 2. The minimum Gasteiger partial charge on any atom is -0.390 e. The van der Waals surface area contributed by atoms with Crippen molar-refractivity contribution < 1.29 is 9.84 Å². The molecule has 0 amide bonds. The van der Waals surface area contributed by atoms with Gasteiger partial charge in [-0.1, -0.05) is 34.6 Å². The van der Waals surface area contributed by atoms with Gasteiger partial charge in [0.1, 0.15) is 0 Å². The number of aliphatic hydroxyl groups is 1. The van der Waals surface area contributed by atoms with Gasteiger partial charge in [0, 0.05) is 19.2 Å². The van der Waals surface area contributed by atoms with E-state index in [4.69, 9.17) is 4.74 Å². The van der Waals surface area contributed by atoms with E-state index in [9.17, 15) is 5.11 Å². The van der Waals surface area contributed by atoms with Crippen LogP contribution in [0.5, 0.6) is 0 Å². The second kappa shape index (κ2) is 7.95. The molecule has 1 aromatic rings. The van der Waals surface area contributed by atoms with Crippen LogP contribution in [0.15, 0.2) is 12.3 Å². The lowest BCUT2D eigenvalue weighted by molar-refractivity contribution is -0.0876. The summed E-state index contributed by atoms with van der Waals surface area (Å²) in [5.41, 5.74) is 0.844. The Morgan fingerprint density at radius 2 is 1.86 bits per heavy atom. The summed E-state index contributed by atoms with van der Waals surface area (Å²) in [7, 11) is 0. The molecule has 0 saturated heterocycles. The van der Waals surface area contributed by atoms with Gasteiger partial charge >= 0.3 is 0 Å². The zero-order valence-corrected chi connectivity index (χ0v) is 14.5. The molecule has 0 aliphatic rings. The maximum atomic E-state index is 10.5. The van der Waals surface area contributed by atoms with Crippen LogP contribution < -0.4 is 0 Å². The molecule has 0 spiro atoms. The average molecular weight is 296 g/mol. The molecule has 122 valence electrons. The molecular formula is C17H32N2O2. The summed E-state index contributed by atoms with van der Waals surface area (Å²) in [6, 6.07) is 2.45. The number of ether oxygens (including phenoxy) is 1. The van der Waals surface area contributed by atoms with Crippen molar-refractivity contribution in [3.05, 3.63) is 18.0 Å². The van der Waals surface area contributed by atoms with Crippen molar-refractivity contribution in [3.63, 3.8) is 0 Å². The number of aliphatic hydroxyl groups excluding tert-OH is 1. The Morgan fingerprint density at radius 1 is 1.24 bits per heavy atom. The molecule has 1 rings (SSSR count). The van der Waals surface area contributed by atoms with Crippen LogP contribution in [0.25, 0.3) is 0 Å². The van der Waals surface area contributed by atoms with Gasteiger partial charge in [-0.3, -0.25) is 4.68 Å². The Morgan fingerprint density at radius 3 is 2.33 bits per heavy atom. The van der Waals surface area contributed by atoms with Crippen LogP contribution in [-0.4, -0.2) is 33.7 Å². The predicted octanol–water partition coefficient (Wildman–Crippen LogP) is 3.60. The summed E-state index contributed by atoms with van der Waals surface area (Å²) < 4.78 is 7.78. The molecule has 0 aliphatic carbocycles. The van der Waals surface area contributed by atoms with E-state index in [2.05, 4.69) is 39.7 Å². The topological polar surface area (TPSA) is 47.3 Å². The van der Waals surface area contributed by atoms with E-state index in [1.807, 2.05) is 23.9 Å². The fourth-order valence-electron chi connectivity index (χ4n) is 2.79. The first-order valence-electron chi connectivity index (χ1n) is 8.17. The molecule has 0 aromatic carbocycles. The second-order valence-corrected chi connectivity index (χ2v) is 6.77. The Bertz CT molecular complexity index is 405. The van der Waals surface area contributed by atoms with Crippen molar-refractivity contribution in [1.82, 2.24) is 9.78 Å².